The maximum atomic E-state index is 13.7. The molecule has 0 spiro atoms. The van der Waals surface area contributed by atoms with E-state index in [-0.39, 0.29) is 11.8 Å². The van der Waals surface area contributed by atoms with Crippen molar-refractivity contribution < 1.29 is 24.3 Å². The van der Waals surface area contributed by atoms with Gasteiger partial charge in [0.2, 0.25) is 17.7 Å². The number of hydrogen-bond donors (Lipinski definition) is 1. The highest BCUT2D eigenvalue weighted by Crippen LogP contribution is 2.50. The molecule has 2 heterocycles. The molecule has 164 valence electrons. The molecule has 4 atom stereocenters. The monoisotopic (exact) mass is 424 g/mol. The van der Waals surface area contributed by atoms with E-state index in [1.807, 2.05) is 30.3 Å². The molecule has 7 heteroatoms. The Balaban J connectivity index is 1.81. The minimum atomic E-state index is -1.78. The first-order valence-corrected chi connectivity index (χ1v) is 10.9. The van der Waals surface area contributed by atoms with Gasteiger partial charge in [0, 0.05) is 13.0 Å². The van der Waals surface area contributed by atoms with E-state index in [0.29, 0.717) is 12.8 Å². The van der Waals surface area contributed by atoms with Crippen LogP contribution in [0.4, 0.5) is 0 Å². The van der Waals surface area contributed by atoms with E-state index in [2.05, 4.69) is 0 Å². The number of hydrogen-bond acceptors (Lipinski definition) is 4. The lowest BCUT2D eigenvalue weighted by atomic mass is 9.80. The Morgan fingerprint density at radius 1 is 1.06 bits per heavy atom. The van der Waals surface area contributed by atoms with Crippen LogP contribution in [0.5, 0.6) is 0 Å². The highest BCUT2D eigenvalue weighted by molar-refractivity contribution is 6.10. The Kier molecular flexibility index (Phi) is 5.45. The fourth-order valence-corrected chi connectivity index (χ4v) is 5.53. The zero-order valence-electron chi connectivity index (χ0n) is 17.9. The summed E-state index contributed by atoms with van der Waals surface area (Å²) < 4.78 is 0. The zero-order valence-corrected chi connectivity index (χ0v) is 17.9. The van der Waals surface area contributed by atoms with Crippen molar-refractivity contribution in [2.24, 2.45) is 17.8 Å². The number of likely N-dealkylation sites (tertiary alicyclic amines) is 2. The number of carboxylic acids is 1. The van der Waals surface area contributed by atoms with Crippen molar-refractivity contribution in [2.45, 2.75) is 50.6 Å². The van der Waals surface area contributed by atoms with E-state index in [4.69, 9.17) is 0 Å². The number of carbonyl (C=O) groups excluding carboxylic acids is 3. The summed E-state index contributed by atoms with van der Waals surface area (Å²) in [5.41, 5.74) is -0.902. The third-order valence-corrected chi connectivity index (χ3v) is 7.25. The Bertz CT molecular complexity index is 937. The molecular weight excluding hydrogens is 396 g/mol. The molecule has 31 heavy (non-hydrogen) atoms. The van der Waals surface area contributed by atoms with Crippen LogP contribution in [0, 0.1) is 17.8 Å². The van der Waals surface area contributed by atoms with Gasteiger partial charge in [0.25, 0.3) is 0 Å². The number of fused-ring (bicyclic) bond motifs is 1. The molecule has 0 bridgehead atoms. The predicted molar refractivity (Wildman–Crippen MR) is 113 cm³/mol. The van der Waals surface area contributed by atoms with Gasteiger partial charge in [-0.15, -0.1) is 0 Å². The molecule has 3 aliphatic rings. The number of aliphatic carboxylic acids is 1. The van der Waals surface area contributed by atoms with Crippen LogP contribution in [0.3, 0.4) is 0 Å². The summed E-state index contributed by atoms with van der Waals surface area (Å²) in [6.07, 6.45) is 7.84. The van der Waals surface area contributed by atoms with Crippen molar-refractivity contribution in [1.82, 2.24) is 9.80 Å². The minimum Gasteiger partial charge on any atom is -0.479 e. The van der Waals surface area contributed by atoms with E-state index in [0.717, 1.165) is 29.7 Å². The maximum Gasteiger partial charge on any atom is 0.330 e. The fourth-order valence-electron chi connectivity index (χ4n) is 5.53. The standard InChI is InChI=1S/C24H28N2O5/c1-24(23(30)31)19-18(21(28)25(2)22(19)29)17(14-13-15-9-5-3-6-10-15)26(24)20(27)16-11-7-4-8-12-16/h3,5-6,9-10,13-14,16-19H,4,7-8,11-12H2,1-2H3,(H,30,31). The lowest BCUT2D eigenvalue weighted by molar-refractivity contribution is -0.163. The Morgan fingerprint density at radius 3 is 2.32 bits per heavy atom. The SMILES string of the molecule is CN1C(=O)C2C(C=Cc3ccccc3)N(C(=O)C3CCCCC3)C(C)(C(=O)O)C2C1=O. The van der Waals surface area contributed by atoms with Gasteiger partial charge in [0.05, 0.1) is 17.9 Å². The first-order valence-electron chi connectivity index (χ1n) is 10.9. The van der Waals surface area contributed by atoms with Crippen LogP contribution in [0.25, 0.3) is 6.08 Å². The number of nitrogens with zero attached hydrogens (tertiary/aromatic N) is 2. The molecule has 4 rings (SSSR count). The number of carbonyl (C=O) groups is 4. The van der Waals surface area contributed by atoms with E-state index in [1.54, 1.807) is 12.2 Å². The summed E-state index contributed by atoms with van der Waals surface area (Å²) in [6.45, 7) is 1.43. The number of amides is 3. The third kappa shape index (κ3) is 3.27. The first-order chi connectivity index (χ1) is 14.8. The molecule has 1 aromatic rings. The molecule has 3 fully saturated rings. The number of rotatable bonds is 4. The van der Waals surface area contributed by atoms with Crippen LogP contribution in [0.2, 0.25) is 0 Å². The zero-order chi connectivity index (χ0) is 22.3. The van der Waals surface area contributed by atoms with Gasteiger partial charge >= 0.3 is 5.97 Å². The molecule has 7 nitrogen and oxygen atoms in total. The van der Waals surface area contributed by atoms with Gasteiger partial charge in [-0.2, -0.15) is 0 Å². The van der Waals surface area contributed by atoms with Gasteiger partial charge in [-0.3, -0.25) is 19.3 Å². The second kappa shape index (κ2) is 7.94. The summed E-state index contributed by atoms with van der Waals surface area (Å²) in [7, 11) is 1.39. The molecule has 0 radical (unpaired) electrons. The normalized spacial score (nSPS) is 31.5. The van der Waals surface area contributed by atoms with Crippen LogP contribution in [0.15, 0.2) is 36.4 Å². The van der Waals surface area contributed by atoms with Gasteiger partial charge in [0.1, 0.15) is 0 Å². The van der Waals surface area contributed by atoms with Crippen LogP contribution >= 0.6 is 0 Å². The smallest absolute Gasteiger partial charge is 0.330 e. The predicted octanol–water partition coefficient (Wildman–Crippen LogP) is 2.57. The van der Waals surface area contributed by atoms with Crippen molar-refractivity contribution in [1.29, 1.82) is 0 Å². The van der Waals surface area contributed by atoms with E-state index in [1.165, 1.54) is 18.9 Å². The topological polar surface area (TPSA) is 95.0 Å². The molecular formula is C24H28N2O5. The van der Waals surface area contributed by atoms with Gasteiger partial charge in [-0.05, 0) is 25.3 Å². The number of benzene rings is 1. The molecule has 2 aliphatic heterocycles. The summed E-state index contributed by atoms with van der Waals surface area (Å²) >= 11 is 0. The molecule has 0 aromatic heterocycles. The van der Waals surface area contributed by atoms with Crippen LogP contribution < -0.4 is 0 Å². The quantitative estimate of drug-likeness (QED) is 0.750. The lowest BCUT2D eigenvalue weighted by Crippen LogP contribution is -2.59. The molecule has 1 saturated carbocycles. The maximum absolute atomic E-state index is 13.7. The molecule has 1 N–H and O–H groups in total. The molecule has 4 unspecified atom stereocenters. The highest BCUT2D eigenvalue weighted by atomic mass is 16.4. The molecule has 1 aliphatic carbocycles. The fraction of sp³-hybridized carbons (Fsp3) is 0.500. The van der Waals surface area contributed by atoms with E-state index < -0.39 is 41.2 Å². The third-order valence-electron chi connectivity index (χ3n) is 7.25. The Labute approximate surface area is 181 Å². The van der Waals surface area contributed by atoms with Crippen LogP contribution in [-0.2, 0) is 19.2 Å². The highest BCUT2D eigenvalue weighted by Gasteiger charge is 2.70. The van der Waals surface area contributed by atoms with E-state index in [9.17, 15) is 24.3 Å². The van der Waals surface area contributed by atoms with Crippen LogP contribution in [-0.4, -0.2) is 57.2 Å². The Morgan fingerprint density at radius 2 is 1.71 bits per heavy atom. The average Bonchev–Trinajstić information content (AvgIpc) is 3.18. The summed E-state index contributed by atoms with van der Waals surface area (Å²) in [5.74, 6) is -4.74. The summed E-state index contributed by atoms with van der Waals surface area (Å²) in [6, 6.07) is 8.63. The van der Waals surface area contributed by atoms with Crippen molar-refractivity contribution in [3.63, 3.8) is 0 Å². The van der Waals surface area contributed by atoms with Gasteiger partial charge in [-0.1, -0.05) is 61.7 Å². The minimum absolute atomic E-state index is 0.259. The lowest BCUT2D eigenvalue weighted by Gasteiger charge is -2.39. The second-order valence-electron chi connectivity index (χ2n) is 9.00. The molecule has 3 amide bonds. The second-order valence-corrected chi connectivity index (χ2v) is 9.00. The van der Waals surface area contributed by atoms with Gasteiger partial charge in [0.15, 0.2) is 5.54 Å². The van der Waals surface area contributed by atoms with Crippen molar-refractivity contribution in [3.05, 3.63) is 42.0 Å². The first kappa shape index (κ1) is 21.3. The van der Waals surface area contributed by atoms with Crippen LogP contribution in [0.1, 0.15) is 44.6 Å². The van der Waals surface area contributed by atoms with Gasteiger partial charge < -0.3 is 10.0 Å². The summed E-state index contributed by atoms with van der Waals surface area (Å²) in [5, 5.41) is 10.2. The Hall–Kier alpha value is -2.96. The van der Waals surface area contributed by atoms with Crippen molar-refractivity contribution >= 4 is 29.8 Å². The average molecular weight is 424 g/mol. The van der Waals surface area contributed by atoms with Crippen molar-refractivity contribution in [3.8, 4) is 0 Å². The number of imide groups is 1. The van der Waals surface area contributed by atoms with Crippen molar-refractivity contribution in [2.75, 3.05) is 7.05 Å². The molecule has 2 saturated heterocycles. The van der Waals surface area contributed by atoms with Gasteiger partial charge in [-0.25, -0.2) is 4.79 Å². The largest absolute Gasteiger partial charge is 0.479 e. The molecule has 1 aromatic carbocycles. The van der Waals surface area contributed by atoms with E-state index >= 15 is 0 Å². The summed E-state index contributed by atoms with van der Waals surface area (Å²) in [4.78, 5) is 54.5. The number of carboxylic acid groups (broad SMARTS) is 1.